The molecule has 1 rings (SSSR count). The van der Waals surface area contributed by atoms with Crippen LogP contribution in [0.15, 0.2) is 0 Å². The molecule has 0 saturated carbocycles. The molecule has 0 aliphatic carbocycles. The average Bonchev–Trinajstić information content (AvgIpc) is 2.37. The molecular formula is C13H24N2O4. The third-order valence-electron chi connectivity index (χ3n) is 3.65. The van der Waals surface area contributed by atoms with E-state index in [1.165, 1.54) is 0 Å². The molecule has 0 spiro atoms. The van der Waals surface area contributed by atoms with Gasteiger partial charge >= 0.3 is 12.0 Å². The number of piperidine rings is 1. The number of carboxylic acid groups (broad SMARTS) is 1. The molecule has 0 aromatic carbocycles. The lowest BCUT2D eigenvalue weighted by molar-refractivity contribution is -0.138. The second-order valence-electron chi connectivity index (χ2n) is 5.14. The van der Waals surface area contributed by atoms with Gasteiger partial charge in [0.05, 0.1) is 19.1 Å². The minimum atomic E-state index is -0.850. The van der Waals surface area contributed by atoms with E-state index in [0.717, 1.165) is 19.3 Å². The number of carbonyl (C=O) groups is 2. The first kappa shape index (κ1) is 15.8. The van der Waals surface area contributed by atoms with Gasteiger partial charge in [-0.1, -0.05) is 0 Å². The van der Waals surface area contributed by atoms with Crippen LogP contribution in [0, 0.1) is 0 Å². The number of amides is 2. The lowest BCUT2D eigenvalue weighted by Gasteiger charge is -2.39. The summed E-state index contributed by atoms with van der Waals surface area (Å²) in [5.74, 6) is -0.850. The molecule has 2 atom stereocenters. The van der Waals surface area contributed by atoms with Crippen LogP contribution in [0.25, 0.3) is 0 Å². The number of hydrogen-bond acceptors (Lipinski definition) is 3. The summed E-state index contributed by atoms with van der Waals surface area (Å²) in [5.41, 5.74) is 0. The van der Waals surface area contributed by atoms with Crippen LogP contribution in [0.3, 0.4) is 0 Å². The highest BCUT2D eigenvalue weighted by Gasteiger charge is 2.31. The van der Waals surface area contributed by atoms with Gasteiger partial charge in [0.2, 0.25) is 0 Å². The number of aliphatic carboxylic acids is 1. The van der Waals surface area contributed by atoms with Gasteiger partial charge in [0.1, 0.15) is 0 Å². The maximum atomic E-state index is 12.4. The molecule has 1 N–H and O–H groups in total. The average molecular weight is 272 g/mol. The summed E-state index contributed by atoms with van der Waals surface area (Å²) in [6.45, 7) is 3.03. The van der Waals surface area contributed by atoms with Gasteiger partial charge in [-0.3, -0.25) is 4.79 Å². The van der Waals surface area contributed by atoms with E-state index in [1.807, 2.05) is 6.92 Å². The first-order valence-corrected chi connectivity index (χ1v) is 6.71. The van der Waals surface area contributed by atoms with E-state index < -0.39 is 5.97 Å². The molecule has 0 aromatic rings. The summed E-state index contributed by atoms with van der Waals surface area (Å²) < 4.78 is 5.05. The van der Waals surface area contributed by atoms with Gasteiger partial charge < -0.3 is 19.6 Å². The molecule has 110 valence electrons. The SMILES string of the molecule is COCC(C)N(C)C(=O)N1CCCCC1CC(=O)O. The molecule has 6 nitrogen and oxygen atoms in total. The minimum Gasteiger partial charge on any atom is -0.481 e. The number of methoxy groups -OCH3 is 1. The highest BCUT2D eigenvalue weighted by atomic mass is 16.5. The van der Waals surface area contributed by atoms with Gasteiger partial charge in [-0.2, -0.15) is 0 Å². The van der Waals surface area contributed by atoms with Crippen molar-refractivity contribution in [2.24, 2.45) is 0 Å². The summed E-state index contributed by atoms with van der Waals surface area (Å²) in [6, 6.07) is -0.309. The Bertz CT molecular complexity index is 322. The molecule has 0 aromatic heterocycles. The lowest BCUT2D eigenvalue weighted by Crippen LogP contribution is -2.52. The van der Waals surface area contributed by atoms with Crippen molar-refractivity contribution in [3.63, 3.8) is 0 Å². The molecule has 6 heteroatoms. The molecule has 1 heterocycles. The normalized spacial score (nSPS) is 21.0. The van der Waals surface area contributed by atoms with Gasteiger partial charge in [-0.05, 0) is 26.2 Å². The molecule has 1 aliphatic rings. The number of carboxylic acids is 1. The van der Waals surface area contributed by atoms with Crippen LogP contribution in [0.1, 0.15) is 32.6 Å². The van der Waals surface area contributed by atoms with Gasteiger partial charge in [-0.15, -0.1) is 0 Å². The third kappa shape index (κ3) is 4.38. The predicted octanol–water partition coefficient (Wildman–Crippen LogP) is 1.40. The van der Waals surface area contributed by atoms with Crippen LogP contribution < -0.4 is 0 Å². The number of urea groups is 1. The second kappa shape index (κ2) is 7.33. The predicted molar refractivity (Wildman–Crippen MR) is 71.1 cm³/mol. The van der Waals surface area contributed by atoms with E-state index >= 15 is 0 Å². The standard InChI is InChI=1S/C13H24N2O4/c1-10(9-19-3)14(2)13(18)15-7-5-4-6-11(15)8-12(16)17/h10-11H,4-9H2,1-3H3,(H,16,17). The zero-order valence-corrected chi connectivity index (χ0v) is 12.0. The summed E-state index contributed by atoms with van der Waals surface area (Å²) in [4.78, 5) is 26.6. The Morgan fingerprint density at radius 3 is 2.74 bits per heavy atom. The first-order chi connectivity index (χ1) is 8.97. The van der Waals surface area contributed by atoms with Crippen molar-refractivity contribution >= 4 is 12.0 Å². The fourth-order valence-electron chi connectivity index (χ4n) is 2.41. The molecule has 0 bridgehead atoms. The summed E-state index contributed by atoms with van der Waals surface area (Å²) in [5, 5.41) is 8.93. The quantitative estimate of drug-likeness (QED) is 0.821. The molecule has 2 unspecified atom stereocenters. The molecule has 1 saturated heterocycles. The fraction of sp³-hybridized carbons (Fsp3) is 0.846. The first-order valence-electron chi connectivity index (χ1n) is 6.71. The van der Waals surface area contributed by atoms with Crippen LogP contribution in [0.5, 0.6) is 0 Å². The summed E-state index contributed by atoms with van der Waals surface area (Å²) >= 11 is 0. The van der Waals surface area contributed by atoms with E-state index in [1.54, 1.807) is 24.0 Å². The topological polar surface area (TPSA) is 70.1 Å². The van der Waals surface area contributed by atoms with Crippen LogP contribution >= 0.6 is 0 Å². The smallest absolute Gasteiger partial charge is 0.320 e. The van der Waals surface area contributed by atoms with Crippen molar-refractivity contribution in [1.29, 1.82) is 0 Å². The summed E-state index contributed by atoms with van der Waals surface area (Å²) in [7, 11) is 3.33. The highest BCUT2D eigenvalue weighted by molar-refractivity contribution is 5.76. The maximum Gasteiger partial charge on any atom is 0.320 e. The van der Waals surface area contributed by atoms with Crippen molar-refractivity contribution < 1.29 is 19.4 Å². The van der Waals surface area contributed by atoms with Crippen LogP contribution in [0.2, 0.25) is 0 Å². The highest BCUT2D eigenvalue weighted by Crippen LogP contribution is 2.21. The van der Waals surface area contributed by atoms with E-state index in [-0.39, 0.29) is 24.5 Å². The van der Waals surface area contributed by atoms with Crippen molar-refractivity contribution in [2.75, 3.05) is 27.3 Å². The Kier molecular flexibility index (Phi) is 6.08. The van der Waals surface area contributed by atoms with Gasteiger partial charge in [-0.25, -0.2) is 4.79 Å². The van der Waals surface area contributed by atoms with E-state index in [2.05, 4.69) is 0 Å². The molecular weight excluding hydrogens is 248 g/mol. The number of likely N-dealkylation sites (N-methyl/N-ethyl adjacent to an activating group) is 1. The second-order valence-corrected chi connectivity index (χ2v) is 5.14. The zero-order chi connectivity index (χ0) is 14.4. The van der Waals surface area contributed by atoms with Crippen molar-refractivity contribution in [1.82, 2.24) is 9.80 Å². The molecule has 19 heavy (non-hydrogen) atoms. The van der Waals surface area contributed by atoms with Gasteiger partial charge in [0.15, 0.2) is 0 Å². The van der Waals surface area contributed by atoms with Crippen LogP contribution in [-0.4, -0.2) is 66.3 Å². The maximum absolute atomic E-state index is 12.4. The van der Waals surface area contributed by atoms with E-state index in [9.17, 15) is 9.59 Å². The molecule has 1 fully saturated rings. The number of carbonyl (C=O) groups excluding carboxylic acids is 1. The number of ether oxygens (including phenoxy) is 1. The Morgan fingerprint density at radius 2 is 2.16 bits per heavy atom. The Labute approximate surface area is 114 Å². The van der Waals surface area contributed by atoms with Crippen molar-refractivity contribution in [2.45, 2.75) is 44.7 Å². The third-order valence-corrected chi connectivity index (χ3v) is 3.65. The van der Waals surface area contributed by atoms with E-state index in [0.29, 0.717) is 13.2 Å². The zero-order valence-electron chi connectivity index (χ0n) is 12.0. The lowest BCUT2D eigenvalue weighted by atomic mass is 10.00. The number of likely N-dealkylation sites (tertiary alicyclic amines) is 1. The minimum absolute atomic E-state index is 0.0232. The van der Waals surface area contributed by atoms with Crippen molar-refractivity contribution in [3.8, 4) is 0 Å². The summed E-state index contributed by atoms with van der Waals surface area (Å²) in [6.07, 6.45) is 2.72. The fourth-order valence-corrected chi connectivity index (χ4v) is 2.41. The number of nitrogens with zero attached hydrogens (tertiary/aromatic N) is 2. The van der Waals surface area contributed by atoms with Crippen LogP contribution in [0.4, 0.5) is 4.79 Å². The van der Waals surface area contributed by atoms with Gasteiger partial charge in [0, 0.05) is 26.7 Å². The Morgan fingerprint density at radius 1 is 1.47 bits per heavy atom. The monoisotopic (exact) mass is 272 g/mol. The van der Waals surface area contributed by atoms with Gasteiger partial charge in [0.25, 0.3) is 0 Å². The van der Waals surface area contributed by atoms with Crippen molar-refractivity contribution in [3.05, 3.63) is 0 Å². The molecule has 2 amide bonds. The number of hydrogen-bond donors (Lipinski definition) is 1. The molecule has 1 aliphatic heterocycles. The molecule has 0 radical (unpaired) electrons. The van der Waals surface area contributed by atoms with Crippen LogP contribution in [-0.2, 0) is 9.53 Å². The largest absolute Gasteiger partial charge is 0.481 e. The van der Waals surface area contributed by atoms with E-state index in [4.69, 9.17) is 9.84 Å². The Balaban J connectivity index is 2.68. The Hall–Kier alpha value is -1.30. The number of rotatable bonds is 5.